The number of sulfonamides is 1. The Morgan fingerprint density at radius 3 is 2.23 bits per heavy atom. The van der Waals surface area contributed by atoms with E-state index < -0.39 is 10.0 Å². The van der Waals surface area contributed by atoms with Crippen LogP contribution in [0.15, 0.2) is 70.6 Å². The average molecular weight is 491 g/mol. The lowest BCUT2D eigenvalue weighted by Crippen LogP contribution is -2.29. The monoisotopic (exact) mass is 490 g/mol. The van der Waals surface area contributed by atoms with E-state index in [1.54, 1.807) is 50.6 Å². The molecular formula is C28H30N2O4S. The van der Waals surface area contributed by atoms with E-state index in [-0.39, 0.29) is 10.9 Å². The molecule has 2 unspecified atom stereocenters. The van der Waals surface area contributed by atoms with Crippen molar-refractivity contribution in [3.05, 3.63) is 82.9 Å². The van der Waals surface area contributed by atoms with Gasteiger partial charge in [0.25, 0.3) is 10.0 Å². The van der Waals surface area contributed by atoms with E-state index in [0.29, 0.717) is 17.4 Å². The van der Waals surface area contributed by atoms with Crippen LogP contribution in [0.25, 0.3) is 0 Å². The number of hydrogen-bond donors (Lipinski definition) is 1. The first kappa shape index (κ1) is 23.4. The Balaban J connectivity index is 1.49. The predicted octanol–water partition coefficient (Wildman–Crippen LogP) is 5.69. The van der Waals surface area contributed by atoms with Crippen LogP contribution in [0.2, 0.25) is 0 Å². The molecule has 0 radical (unpaired) electrons. The third-order valence-electron chi connectivity index (χ3n) is 6.98. The van der Waals surface area contributed by atoms with Gasteiger partial charge in [0, 0.05) is 22.7 Å². The third kappa shape index (κ3) is 4.52. The highest BCUT2D eigenvalue weighted by Crippen LogP contribution is 2.44. The molecule has 0 saturated heterocycles. The number of benzene rings is 3. The number of aliphatic imine (C=N–C) groups is 1. The van der Waals surface area contributed by atoms with Gasteiger partial charge >= 0.3 is 0 Å². The lowest BCUT2D eigenvalue weighted by molar-refractivity contribution is 0.349. The summed E-state index contributed by atoms with van der Waals surface area (Å²) in [4.78, 5) is 5.43. The van der Waals surface area contributed by atoms with Gasteiger partial charge in [0.2, 0.25) is 0 Å². The average Bonchev–Trinajstić information content (AvgIpc) is 2.88. The molecule has 6 nitrogen and oxygen atoms in total. The van der Waals surface area contributed by atoms with Gasteiger partial charge in [-0.3, -0.25) is 9.71 Å². The van der Waals surface area contributed by atoms with E-state index in [2.05, 4.69) is 10.8 Å². The summed E-state index contributed by atoms with van der Waals surface area (Å²) in [5.74, 6) is 1.79. The fourth-order valence-corrected chi connectivity index (χ4v) is 6.19. The van der Waals surface area contributed by atoms with Crippen molar-refractivity contribution in [2.75, 3.05) is 18.9 Å². The molecule has 7 heteroatoms. The number of rotatable bonds is 6. The maximum absolute atomic E-state index is 12.8. The van der Waals surface area contributed by atoms with Crippen LogP contribution in [-0.2, 0) is 10.0 Å². The Labute approximate surface area is 207 Å². The first-order valence-corrected chi connectivity index (χ1v) is 13.4. The predicted molar refractivity (Wildman–Crippen MR) is 139 cm³/mol. The van der Waals surface area contributed by atoms with Crippen molar-refractivity contribution in [3.8, 4) is 11.5 Å². The van der Waals surface area contributed by atoms with Gasteiger partial charge in [0.1, 0.15) is 0 Å². The van der Waals surface area contributed by atoms with Crippen LogP contribution in [0, 0.1) is 6.92 Å². The molecule has 0 amide bonds. The summed E-state index contributed by atoms with van der Waals surface area (Å²) in [6.07, 6.45) is 4.57. The number of methoxy groups -OCH3 is 2. The molecule has 1 heterocycles. The van der Waals surface area contributed by atoms with E-state index >= 15 is 0 Å². The van der Waals surface area contributed by atoms with E-state index in [9.17, 15) is 8.42 Å². The summed E-state index contributed by atoms with van der Waals surface area (Å²) in [7, 11) is -0.355. The quantitative estimate of drug-likeness (QED) is 0.482. The maximum Gasteiger partial charge on any atom is 0.261 e. The van der Waals surface area contributed by atoms with Crippen LogP contribution >= 0.6 is 0 Å². The highest BCUT2D eigenvalue weighted by molar-refractivity contribution is 7.92. The zero-order valence-electron chi connectivity index (χ0n) is 20.2. The van der Waals surface area contributed by atoms with Crippen molar-refractivity contribution in [2.24, 2.45) is 4.99 Å². The highest BCUT2D eigenvalue weighted by Gasteiger charge is 2.34. The summed E-state index contributed by atoms with van der Waals surface area (Å²) in [6.45, 7) is 1.93. The number of anilines is 1. The number of nitrogens with zero attached hydrogens (tertiary/aromatic N) is 1. The Morgan fingerprint density at radius 1 is 0.886 bits per heavy atom. The smallest absolute Gasteiger partial charge is 0.261 e. The number of ether oxygens (including phenoxy) is 2. The van der Waals surface area contributed by atoms with Crippen molar-refractivity contribution in [1.29, 1.82) is 0 Å². The molecule has 0 bridgehead atoms. The second-order valence-electron chi connectivity index (χ2n) is 9.23. The molecule has 3 aromatic rings. The standard InChI is InChI=1S/C28H30N2O4S/c1-18-8-14-21(15-9-18)35(31,32)30-20-12-10-19(11-13-20)28-24-17-27(34-3)26(33-2)16-23(24)22-6-4-5-7-25(22)29-28/h8-17,22,25,30H,4-7H2,1-3H3. The van der Waals surface area contributed by atoms with E-state index in [0.717, 1.165) is 41.0 Å². The van der Waals surface area contributed by atoms with Crippen LogP contribution in [-0.4, -0.2) is 34.4 Å². The molecule has 182 valence electrons. The fraction of sp³-hybridized carbons (Fsp3) is 0.321. The van der Waals surface area contributed by atoms with Gasteiger partial charge in [0.05, 0.1) is 30.9 Å². The zero-order valence-corrected chi connectivity index (χ0v) is 21.1. The largest absolute Gasteiger partial charge is 0.493 e. The second-order valence-corrected chi connectivity index (χ2v) is 10.9. The molecule has 5 rings (SSSR count). The molecule has 2 atom stereocenters. The maximum atomic E-state index is 12.8. The third-order valence-corrected chi connectivity index (χ3v) is 8.37. The Morgan fingerprint density at radius 2 is 1.54 bits per heavy atom. The SMILES string of the molecule is COc1cc2c(cc1OC)C1CCCCC1N=C2c1ccc(NS(=O)(=O)c2ccc(C)cc2)cc1. The summed E-state index contributed by atoms with van der Waals surface area (Å²) in [5, 5.41) is 0. The Hall–Kier alpha value is -3.32. The molecule has 1 N–H and O–H groups in total. The molecule has 1 saturated carbocycles. The van der Waals surface area contributed by atoms with Crippen LogP contribution in [0.5, 0.6) is 11.5 Å². The molecule has 3 aromatic carbocycles. The minimum Gasteiger partial charge on any atom is -0.493 e. The number of aryl methyl sites for hydroxylation is 1. The van der Waals surface area contributed by atoms with Gasteiger partial charge in [-0.25, -0.2) is 8.42 Å². The van der Waals surface area contributed by atoms with Crippen molar-refractivity contribution in [1.82, 2.24) is 0 Å². The number of hydrogen-bond acceptors (Lipinski definition) is 5. The van der Waals surface area contributed by atoms with Crippen molar-refractivity contribution >= 4 is 21.4 Å². The van der Waals surface area contributed by atoms with Crippen LogP contribution < -0.4 is 14.2 Å². The van der Waals surface area contributed by atoms with Crippen LogP contribution in [0.1, 0.15) is 53.9 Å². The van der Waals surface area contributed by atoms with Crippen molar-refractivity contribution < 1.29 is 17.9 Å². The summed E-state index contributed by atoms with van der Waals surface area (Å²) in [5.41, 5.74) is 5.68. The van der Waals surface area contributed by atoms with Crippen molar-refractivity contribution in [3.63, 3.8) is 0 Å². The summed E-state index contributed by atoms with van der Waals surface area (Å²) in [6, 6.07) is 18.6. The van der Waals surface area contributed by atoms with Gasteiger partial charge in [-0.15, -0.1) is 0 Å². The van der Waals surface area contributed by atoms with Gasteiger partial charge in [0.15, 0.2) is 11.5 Å². The Bertz CT molecular complexity index is 1360. The minimum atomic E-state index is -3.66. The highest BCUT2D eigenvalue weighted by atomic mass is 32.2. The molecular weight excluding hydrogens is 460 g/mol. The lowest BCUT2D eigenvalue weighted by atomic mass is 9.75. The zero-order chi connectivity index (χ0) is 24.6. The van der Waals surface area contributed by atoms with Gasteiger partial charge < -0.3 is 9.47 Å². The van der Waals surface area contributed by atoms with Gasteiger partial charge in [-0.2, -0.15) is 0 Å². The van der Waals surface area contributed by atoms with Gasteiger partial charge in [-0.05, 0) is 61.7 Å². The first-order valence-electron chi connectivity index (χ1n) is 11.9. The first-order chi connectivity index (χ1) is 16.9. The molecule has 1 aliphatic carbocycles. The summed E-state index contributed by atoms with van der Waals surface area (Å²) < 4.78 is 39.4. The van der Waals surface area contributed by atoms with Crippen LogP contribution in [0.3, 0.4) is 0 Å². The van der Waals surface area contributed by atoms with E-state index in [4.69, 9.17) is 14.5 Å². The van der Waals surface area contributed by atoms with Gasteiger partial charge in [-0.1, -0.05) is 42.7 Å². The molecule has 1 aliphatic heterocycles. The number of fused-ring (bicyclic) bond motifs is 3. The lowest BCUT2D eigenvalue weighted by Gasteiger charge is -2.35. The fourth-order valence-electron chi connectivity index (χ4n) is 5.13. The number of nitrogens with one attached hydrogen (secondary N) is 1. The van der Waals surface area contributed by atoms with E-state index in [1.165, 1.54) is 18.4 Å². The van der Waals surface area contributed by atoms with Crippen molar-refractivity contribution in [2.45, 2.75) is 49.5 Å². The molecule has 35 heavy (non-hydrogen) atoms. The molecule has 2 aliphatic rings. The molecule has 1 fully saturated rings. The van der Waals surface area contributed by atoms with E-state index in [1.807, 2.05) is 25.1 Å². The second kappa shape index (κ2) is 9.38. The summed E-state index contributed by atoms with van der Waals surface area (Å²) >= 11 is 0. The molecule has 0 spiro atoms. The topological polar surface area (TPSA) is 77.0 Å². The Kier molecular flexibility index (Phi) is 6.28. The normalized spacial score (nSPS) is 19.2. The molecule has 0 aromatic heterocycles. The van der Waals surface area contributed by atoms with Crippen LogP contribution in [0.4, 0.5) is 5.69 Å². The minimum absolute atomic E-state index is 0.238.